The number of hydrogen-bond donors (Lipinski definition) is 1. The second kappa shape index (κ2) is 8.93. The summed E-state index contributed by atoms with van der Waals surface area (Å²) in [5, 5.41) is 14.1. The molecule has 0 fully saturated rings. The number of benzene rings is 1. The van der Waals surface area contributed by atoms with Gasteiger partial charge in [-0.2, -0.15) is 11.8 Å². The summed E-state index contributed by atoms with van der Waals surface area (Å²) in [6.07, 6.45) is 5.77. The summed E-state index contributed by atoms with van der Waals surface area (Å²) in [7, 11) is 0. The fourth-order valence-electron chi connectivity index (χ4n) is 1.89. The van der Waals surface area contributed by atoms with Gasteiger partial charge in [-0.3, -0.25) is 10.1 Å². The lowest BCUT2D eigenvalue weighted by Gasteiger charge is -2.13. The van der Waals surface area contributed by atoms with Crippen molar-refractivity contribution in [1.82, 2.24) is 5.32 Å². The molecular formula is C14H22N2O2S. The van der Waals surface area contributed by atoms with Crippen LogP contribution in [0.5, 0.6) is 0 Å². The van der Waals surface area contributed by atoms with Gasteiger partial charge in [-0.1, -0.05) is 18.6 Å². The molecule has 1 atom stereocenters. The molecule has 0 amide bonds. The second-order valence-corrected chi connectivity index (χ2v) is 5.57. The van der Waals surface area contributed by atoms with E-state index in [1.165, 1.54) is 24.7 Å². The van der Waals surface area contributed by atoms with E-state index in [0.717, 1.165) is 18.5 Å². The molecule has 1 rings (SSSR count). The fraction of sp³-hybridized carbons (Fsp3) is 0.571. The quantitative estimate of drug-likeness (QED) is 0.425. The molecule has 0 saturated carbocycles. The monoisotopic (exact) mass is 282 g/mol. The summed E-state index contributed by atoms with van der Waals surface area (Å²) in [6, 6.07) is 6.99. The van der Waals surface area contributed by atoms with Gasteiger partial charge in [0.1, 0.15) is 0 Å². The molecule has 19 heavy (non-hydrogen) atoms. The van der Waals surface area contributed by atoms with Crippen molar-refractivity contribution in [3.63, 3.8) is 0 Å². The standard InChI is InChI=1S/C14H22N2O2S/c1-12(15-9-4-3-5-10-19-2)13-7-6-8-14(11-13)16(17)18/h6-8,11-12,15H,3-5,9-10H2,1-2H3. The van der Waals surface area contributed by atoms with Crippen molar-refractivity contribution in [2.45, 2.75) is 32.2 Å². The number of nitro groups is 1. The molecule has 0 aliphatic heterocycles. The highest BCUT2D eigenvalue weighted by atomic mass is 32.2. The molecule has 1 aromatic rings. The van der Waals surface area contributed by atoms with Crippen LogP contribution >= 0.6 is 11.8 Å². The van der Waals surface area contributed by atoms with E-state index in [2.05, 4.69) is 11.6 Å². The van der Waals surface area contributed by atoms with Gasteiger partial charge in [0.15, 0.2) is 0 Å². The van der Waals surface area contributed by atoms with E-state index >= 15 is 0 Å². The normalized spacial score (nSPS) is 12.3. The van der Waals surface area contributed by atoms with E-state index < -0.39 is 0 Å². The summed E-state index contributed by atoms with van der Waals surface area (Å²) in [5.41, 5.74) is 1.13. The number of hydrogen-bond acceptors (Lipinski definition) is 4. The molecule has 0 radical (unpaired) electrons. The Hall–Kier alpha value is -1.07. The Labute approximate surface area is 119 Å². The topological polar surface area (TPSA) is 55.2 Å². The van der Waals surface area contributed by atoms with Crippen LogP contribution in [0.4, 0.5) is 5.69 Å². The summed E-state index contributed by atoms with van der Waals surface area (Å²) < 4.78 is 0. The molecule has 0 spiro atoms. The average molecular weight is 282 g/mol. The molecule has 0 heterocycles. The smallest absolute Gasteiger partial charge is 0.269 e. The first kappa shape index (κ1) is 16.0. The highest BCUT2D eigenvalue weighted by Crippen LogP contribution is 2.18. The first-order valence-corrected chi connectivity index (χ1v) is 8.01. The Morgan fingerprint density at radius 3 is 2.84 bits per heavy atom. The van der Waals surface area contributed by atoms with Crippen LogP contribution in [0, 0.1) is 10.1 Å². The van der Waals surface area contributed by atoms with Crippen LogP contribution in [-0.2, 0) is 0 Å². The first-order chi connectivity index (χ1) is 9.15. The third-order valence-corrected chi connectivity index (χ3v) is 3.75. The lowest BCUT2D eigenvalue weighted by Crippen LogP contribution is -2.19. The average Bonchev–Trinajstić information content (AvgIpc) is 2.42. The lowest BCUT2D eigenvalue weighted by atomic mass is 10.1. The second-order valence-electron chi connectivity index (χ2n) is 4.58. The molecule has 1 N–H and O–H groups in total. The molecule has 0 aliphatic rings. The molecular weight excluding hydrogens is 260 g/mol. The SMILES string of the molecule is CSCCCCCNC(C)c1cccc([N+](=O)[O-])c1. The Balaban J connectivity index is 2.34. The molecule has 0 aromatic heterocycles. The maximum atomic E-state index is 10.7. The van der Waals surface area contributed by atoms with Crippen LogP contribution in [0.3, 0.4) is 0 Å². The minimum absolute atomic E-state index is 0.153. The van der Waals surface area contributed by atoms with Gasteiger partial charge in [-0.25, -0.2) is 0 Å². The van der Waals surface area contributed by atoms with Crippen molar-refractivity contribution in [2.75, 3.05) is 18.6 Å². The highest BCUT2D eigenvalue weighted by molar-refractivity contribution is 7.98. The molecule has 0 bridgehead atoms. The maximum Gasteiger partial charge on any atom is 0.269 e. The fourth-order valence-corrected chi connectivity index (χ4v) is 2.39. The predicted octanol–water partition coefficient (Wildman–Crippen LogP) is 3.78. The molecule has 1 aromatic carbocycles. The molecule has 4 nitrogen and oxygen atoms in total. The molecule has 1 unspecified atom stereocenters. The van der Waals surface area contributed by atoms with Gasteiger partial charge >= 0.3 is 0 Å². The number of thioether (sulfide) groups is 1. The predicted molar refractivity (Wildman–Crippen MR) is 81.7 cm³/mol. The molecule has 0 aliphatic carbocycles. The van der Waals surface area contributed by atoms with Gasteiger partial charge in [-0.05, 0) is 43.9 Å². The van der Waals surface area contributed by atoms with Crippen LogP contribution in [0.15, 0.2) is 24.3 Å². The van der Waals surface area contributed by atoms with Crippen LogP contribution in [0.25, 0.3) is 0 Å². The van der Waals surface area contributed by atoms with Crippen molar-refractivity contribution < 1.29 is 4.92 Å². The third-order valence-electron chi connectivity index (χ3n) is 3.06. The van der Waals surface area contributed by atoms with Crippen LogP contribution in [0.1, 0.15) is 37.8 Å². The Bertz CT molecular complexity index is 399. The third kappa shape index (κ3) is 6.07. The van der Waals surface area contributed by atoms with Gasteiger partial charge in [-0.15, -0.1) is 0 Å². The minimum Gasteiger partial charge on any atom is -0.310 e. The van der Waals surface area contributed by atoms with Crippen molar-refractivity contribution in [3.8, 4) is 0 Å². The number of unbranched alkanes of at least 4 members (excludes halogenated alkanes) is 2. The summed E-state index contributed by atoms with van der Waals surface area (Å²) >= 11 is 1.88. The molecule has 106 valence electrons. The van der Waals surface area contributed by atoms with E-state index in [1.807, 2.05) is 24.8 Å². The first-order valence-electron chi connectivity index (χ1n) is 6.62. The minimum atomic E-state index is -0.349. The zero-order chi connectivity index (χ0) is 14.1. The lowest BCUT2D eigenvalue weighted by molar-refractivity contribution is -0.384. The van der Waals surface area contributed by atoms with Crippen molar-refractivity contribution in [3.05, 3.63) is 39.9 Å². The van der Waals surface area contributed by atoms with Crippen LogP contribution < -0.4 is 5.32 Å². The number of rotatable bonds is 9. The zero-order valence-electron chi connectivity index (χ0n) is 11.6. The summed E-state index contributed by atoms with van der Waals surface area (Å²) in [4.78, 5) is 10.4. The van der Waals surface area contributed by atoms with Crippen molar-refractivity contribution in [2.24, 2.45) is 0 Å². The van der Waals surface area contributed by atoms with Gasteiger partial charge < -0.3 is 5.32 Å². The Morgan fingerprint density at radius 2 is 2.16 bits per heavy atom. The van der Waals surface area contributed by atoms with E-state index in [9.17, 15) is 10.1 Å². The number of nitrogens with zero attached hydrogens (tertiary/aromatic N) is 1. The van der Waals surface area contributed by atoms with Gasteiger partial charge in [0, 0.05) is 18.2 Å². The van der Waals surface area contributed by atoms with Crippen LogP contribution in [0.2, 0.25) is 0 Å². The Morgan fingerprint density at radius 1 is 1.37 bits per heavy atom. The maximum absolute atomic E-state index is 10.7. The van der Waals surface area contributed by atoms with Crippen molar-refractivity contribution in [1.29, 1.82) is 0 Å². The number of nitrogens with one attached hydrogen (secondary N) is 1. The summed E-state index contributed by atoms with van der Waals surface area (Å²) in [6.45, 7) is 3.00. The highest BCUT2D eigenvalue weighted by Gasteiger charge is 2.09. The zero-order valence-corrected chi connectivity index (χ0v) is 12.4. The van der Waals surface area contributed by atoms with E-state index in [0.29, 0.717) is 0 Å². The molecule has 0 saturated heterocycles. The summed E-state index contributed by atoms with van der Waals surface area (Å²) in [5.74, 6) is 1.22. The number of non-ortho nitro benzene ring substituents is 1. The van der Waals surface area contributed by atoms with Crippen molar-refractivity contribution >= 4 is 17.4 Å². The van der Waals surface area contributed by atoms with Gasteiger partial charge in [0.2, 0.25) is 0 Å². The van der Waals surface area contributed by atoms with E-state index in [1.54, 1.807) is 12.1 Å². The van der Waals surface area contributed by atoms with E-state index in [4.69, 9.17) is 0 Å². The number of nitro benzene ring substituents is 1. The van der Waals surface area contributed by atoms with Gasteiger partial charge in [0.25, 0.3) is 5.69 Å². The molecule has 5 heteroatoms. The largest absolute Gasteiger partial charge is 0.310 e. The van der Waals surface area contributed by atoms with Crippen LogP contribution in [-0.4, -0.2) is 23.5 Å². The van der Waals surface area contributed by atoms with E-state index in [-0.39, 0.29) is 16.7 Å². The Kier molecular flexibility index (Phi) is 7.52. The van der Waals surface area contributed by atoms with Gasteiger partial charge in [0.05, 0.1) is 4.92 Å².